The largest absolute Gasteiger partial charge is 0.492 e. The number of benzene rings is 2. The number of hydrogen-bond donors (Lipinski definition) is 4. The van der Waals surface area contributed by atoms with Crippen molar-refractivity contribution in [1.29, 1.82) is 0 Å². The van der Waals surface area contributed by atoms with Crippen molar-refractivity contribution in [3.8, 4) is 5.75 Å². The summed E-state index contributed by atoms with van der Waals surface area (Å²) in [4.78, 5) is 36.1. The molecule has 3 amide bonds. The number of amides is 3. The maximum Gasteiger partial charge on any atom is 0.269 e. The minimum absolute atomic E-state index is 0.0615. The fourth-order valence-corrected chi connectivity index (χ4v) is 3.15. The molecule has 0 aliphatic heterocycles. The number of carbonyl (C=O) groups is 3. The van der Waals surface area contributed by atoms with E-state index in [-0.39, 0.29) is 11.0 Å². The number of rotatable bonds is 8. The number of thiocarbonyl (C=S) groups is 1. The molecule has 0 radical (unpaired) electrons. The van der Waals surface area contributed by atoms with Gasteiger partial charge in [-0.1, -0.05) is 20.8 Å². The van der Waals surface area contributed by atoms with E-state index >= 15 is 0 Å². The first kappa shape index (κ1) is 26.3. The number of halogens is 1. The second kappa shape index (κ2) is 12.9. The lowest BCUT2D eigenvalue weighted by Gasteiger charge is -2.13. The van der Waals surface area contributed by atoms with E-state index in [0.29, 0.717) is 46.0 Å². The fraction of sp³-hybridized carbons (Fsp3) is 0.304. The van der Waals surface area contributed by atoms with Crippen LogP contribution in [-0.4, -0.2) is 29.4 Å². The molecule has 0 atom stereocenters. The molecule has 0 spiro atoms. The van der Waals surface area contributed by atoms with E-state index in [1.165, 1.54) is 0 Å². The Bertz CT molecular complexity index is 1010. The van der Waals surface area contributed by atoms with Gasteiger partial charge in [-0.25, -0.2) is 0 Å². The molecule has 0 saturated heterocycles. The van der Waals surface area contributed by atoms with Crippen LogP contribution >= 0.6 is 28.1 Å². The van der Waals surface area contributed by atoms with Crippen molar-refractivity contribution in [2.24, 2.45) is 5.92 Å². The Balaban J connectivity index is 1.84. The lowest BCUT2D eigenvalue weighted by atomic mass is 10.1. The van der Waals surface area contributed by atoms with Crippen LogP contribution in [0.15, 0.2) is 46.9 Å². The van der Waals surface area contributed by atoms with Crippen molar-refractivity contribution in [2.45, 2.75) is 33.6 Å². The smallest absolute Gasteiger partial charge is 0.269 e. The minimum Gasteiger partial charge on any atom is -0.492 e. The van der Waals surface area contributed by atoms with Crippen molar-refractivity contribution >= 4 is 56.7 Å². The highest BCUT2D eigenvalue weighted by molar-refractivity contribution is 9.10. The van der Waals surface area contributed by atoms with E-state index in [0.717, 1.165) is 6.42 Å². The SMILES string of the molecule is CCC(=O)Nc1ccc(C(=O)NNC(=S)NC(=O)c2ccc(OCCC(C)C)c(Br)c2)cc1. The average molecular weight is 535 g/mol. The summed E-state index contributed by atoms with van der Waals surface area (Å²) in [5.41, 5.74) is 6.23. The maximum atomic E-state index is 12.4. The molecule has 8 nitrogen and oxygen atoms in total. The van der Waals surface area contributed by atoms with Gasteiger partial charge in [0.25, 0.3) is 11.8 Å². The second-order valence-corrected chi connectivity index (χ2v) is 8.78. The van der Waals surface area contributed by atoms with E-state index in [1.54, 1.807) is 49.4 Å². The minimum atomic E-state index is -0.453. The Morgan fingerprint density at radius 3 is 2.27 bits per heavy atom. The number of hydrazine groups is 1. The molecule has 0 saturated carbocycles. The molecule has 0 unspecified atom stereocenters. The molecular formula is C23H27BrN4O4S. The molecule has 2 rings (SSSR count). The van der Waals surface area contributed by atoms with E-state index in [2.05, 4.69) is 51.3 Å². The third kappa shape index (κ3) is 8.82. The van der Waals surface area contributed by atoms with E-state index in [9.17, 15) is 14.4 Å². The Morgan fingerprint density at radius 2 is 1.67 bits per heavy atom. The molecule has 10 heteroatoms. The molecule has 176 valence electrons. The van der Waals surface area contributed by atoms with E-state index < -0.39 is 11.8 Å². The van der Waals surface area contributed by atoms with Crippen LogP contribution in [0.1, 0.15) is 54.3 Å². The summed E-state index contributed by atoms with van der Waals surface area (Å²) in [6.45, 7) is 6.58. The summed E-state index contributed by atoms with van der Waals surface area (Å²) in [6, 6.07) is 11.3. The van der Waals surface area contributed by atoms with Crippen LogP contribution in [0.4, 0.5) is 5.69 Å². The van der Waals surface area contributed by atoms with Crippen LogP contribution in [0, 0.1) is 5.92 Å². The van der Waals surface area contributed by atoms with Crippen LogP contribution in [-0.2, 0) is 4.79 Å². The van der Waals surface area contributed by atoms with Gasteiger partial charge in [0.05, 0.1) is 11.1 Å². The van der Waals surface area contributed by atoms with Crippen molar-refractivity contribution < 1.29 is 19.1 Å². The molecule has 2 aromatic carbocycles. The maximum absolute atomic E-state index is 12.4. The summed E-state index contributed by atoms with van der Waals surface area (Å²) in [7, 11) is 0. The topological polar surface area (TPSA) is 109 Å². The van der Waals surface area contributed by atoms with Crippen molar-refractivity contribution in [1.82, 2.24) is 16.2 Å². The quantitative estimate of drug-likeness (QED) is 0.299. The summed E-state index contributed by atoms with van der Waals surface area (Å²) in [5, 5.41) is 5.14. The predicted molar refractivity (Wildman–Crippen MR) is 135 cm³/mol. The summed E-state index contributed by atoms with van der Waals surface area (Å²) < 4.78 is 6.37. The van der Waals surface area contributed by atoms with Gasteiger partial charge in [-0.2, -0.15) is 0 Å². The van der Waals surface area contributed by atoms with Gasteiger partial charge in [-0.3, -0.25) is 30.6 Å². The molecule has 0 heterocycles. The van der Waals surface area contributed by atoms with Gasteiger partial charge >= 0.3 is 0 Å². The first-order valence-electron chi connectivity index (χ1n) is 10.4. The lowest BCUT2D eigenvalue weighted by Crippen LogP contribution is -2.48. The molecular weight excluding hydrogens is 508 g/mol. The molecule has 0 aromatic heterocycles. The third-order valence-electron chi connectivity index (χ3n) is 4.42. The Morgan fingerprint density at radius 1 is 1.00 bits per heavy atom. The van der Waals surface area contributed by atoms with E-state index in [4.69, 9.17) is 17.0 Å². The van der Waals surface area contributed by atoms with E-state index in [1.807, 2.05) is 0 Å². The summed E-state index contributed by atoms with van der Waals surface area (Å²) >= 11 is 8.49. The highest BCUT2D eigenvalue weighted by Gasteiger charge is 2.12. The first-order chi connectivity index (χ1) is 15.7. The van der Waals surface area contributed by atoms with Gasteiger partial charge < -0.3 is 10.1 Å². The highest BCUT2D eigenvalue weighted by atomic mass is 79.9. The third-order valence-corrected chi connectivity index (χ3v) is 5.24. The number of ether oxygens (including phenoxy) is 1. The van der Waals surface area contributed by atoms with Gasteiger partial charge in [-0.05, 0) is 83.0 Å². The Hall–Kier alpha value is -2.98. The van der Waals surface area contributed by atoms with Crippen LogP contribution in [0.2, 0.25) is 0 Å². The average Bonchev–Trinajstić information content (AvgIpc) is 2.78. The standard InChI is InChI=1S/C23H27BrN4O4S/c1-4-20(29)25-17-8-5-15(6-9-17)22(31)27-28-23(33)26-21(30)16-7-10-19(18(24)13-16)32-12-11-14(2)3/h5-10,13-14H,4,11-12H2,1-3H3,(H,25,29)(H,27,31)(H2,26,28,30,33). The number of anilines is 1. The zero-order valence-corrected chi connectivity index (χ0v) is 21.1. The van der Waals surface area contributed by atoms with Crippen LogP contribution < -0.4 is 26.2 Å². The number of nitrogens with one attached hydrogen (secondary N) is 4. The lowest BCUT2D eigenvalue weighted by molar-refractivity contribution is -0.115. The van der Waals surface area contributed by atoms with Gasteiger partial charge in [0.2, 0.25) is 5.91 Å². The van der Waals surface area contributed by atoms with Gasteiger partial charge in [0.15, 0.2) is 5.11 Å². The van der Waals surface area contributed by atoms with Crippen LogP contribution in [0.5, 0.6) is 5.75 Å². The van der Waals surface area contributed by atoms with Gasteiger partial charge in [0, 0.05) is 23.2 Å². The van der Waals surface area contributed by atoms with Crippen molar-refractivity contribution in [3.05, 3.63) is 58.1 Å². The monoisotopic (exact) mass is 534 g/mol. The Kier molecular flexibility index (Phi) is 10.3. The highest BCUT2D eigenvalue weighted by Crippen LogP contribution is 2.26. The zero-order valence-electron chi connectivity index (χ0n) is 18.7. The fourth-order valence-electron chi connectivity index (χ4n) is 2.51. The molecule has 33 heavy (non-hydrogen) atoms. The number of carbonyl (C=O) groups excluding carboxylic acids is 3. The Labute approximate surface area is 206 Å². The molecule has 0 aliphatic carbocycles. The van der Waals surface area contributed by atoms with Crippen LogP contribution in [0.3, 0.4) is 0 Å². The van der Waals surface area contributed by atoms with Crippen LogP contribution in [0.25, 0.3) is 0 Å². The first-order valence-corrected chi connectivity index (χ1v) is 11.6. The summed E-state index contributed by atoms with van der Waals surface area (Å²) in [5.74, 6) is 0.184. The second-order valence-electron chi connectivity index (χ2n) is 7.52. The predicted octanol–water partition coefficient (Wildman–Crippen LogP) is 4.17. The normalized spacial score (nSPS) is 10.3. The molecule has 2 aromatic rings. The molecule has 0 aliphatic rings. The zero-order chi connectivity index (χ0) is 24.4. The summed E-state index contributed by atoms with van der Waals surface area (Å²) in [6.07, 6.45) is 1.29. The molecule has 0 fully saturated rings. The van der Waals surface area contributed by atoms with Gasteiger partial charge in [0.1, 0.15) is 5.75 Å². The molecule has 0 bridgehead atoms. The van der Waals surface area contributed by atoms with Crippen molar-refractivity contribution in [2.75, 3.05) is 11.9 Å². The van der Waals surface area contributed by atoms with Gasteiger partial charge in [-0.15, -0.1) is 0 Å². The van der Waals surface area contributed by atoms with Crippen molar-refractivity contribution in [3.63, 3.8) is 0 Å². The number of hydrogen-bond acceptors (Lipinski definition) is 5. The molecule has 4 N–H and O–H groups in total.